The van der Waals surface area contributed by atoms with E-state index in [-0.39, 0.29) is 18.0 Å². The zero-order valence-electron chi connectivity index (χ0n) is 13.3. The van der Waals surface area contributed by atoms with Gasteiger partial charge < -0.3 is 15.0 Å². The molecule has 0 radical (unpaired) electrons. The maximum Gasteiger partial charge on any atom is 0.338 e. The van der Waals surface area contributed by atoms with Crippen LogP contribution in [0.25, 0.3) is 0 Å². The van der Waals surface area contributed by atoms with E-state index in [0.29, 0.717) is 5.56 Å². The Kier molecular flexibility index (Phi) is 6.03. The Morgan fingerprint density at radius 1 is 1.23 bits per heavy atom. The van der Waals surface area contributed by atoms with Gasteiger partial charge in [-0.25, -0.2) is 4.79 Å². The molecule has 22 heavy (non-hydrogen) atoms. The van der Waals surface area contributed by atoms with Crippen molar-refractivity contribution in [3.05, 3.63) is 30.1 Å². The number of carbonyl (C=O) groups is 3. The van der Waals surface area contributed by atoms with Gasteiger partial charge in [0.1, 0.15) is 0 Å². The highest BCUT2D eigenvalue weighted by Crippen LogP contribution is 2.01. The first-order valence-corrected chi connectivity index (χ1v) is 6.81. The molecular weight excluding hydrogens is 286 g/mol. The minimum atomic E-state index is -0.608. The lowest BCUT2D eigenvalue weighted by atomic mass is 10.1. The van der Waals surface area contributed by atoms with Crippen LogP contribution in [0.5, 0.6) is 0 Å². The highest BCUT2D eigenvalue weighted by molar-refractivity contribution is 5.91. The van der Waals surface area contributed by atoms with E-state index in [1.165, 1.54) is 36.5 Å². The molecule has 0 fully saturated rings. The lowest BCUT2D eigenvalue weighted by Crippen LogP contribution is -2.46. The van der Waals surface area contributed by atoms with Crippen LogP contribution in [-0.2, 0) is 14.3 Å². The van der Waals surface area contributed by atoms with Gasteiger partial charge in [0.15, 0.2) is 6.61 Å². The van der Waals surface area contributed by atoms with Crippen LogP contribution < -0.4 is 5.32 Å². The molecule has 0 aliphatic carbocycles. The monoisotopic (exact) mass is 307 g/mol. The number of carbonyl (C=O) groups excluding carboxylic acids is 3. The first-order chi connectivity index (χ1) is 10.2. The van der Waals surface area contributed by atoms with E-state index in [9.17, 15) is 14.4 Å². The number of aromatic nitrogens is 1. The maximum atomic E-state index is 11.8. The SMILES string of the molecule is CN(CC(=O)NC(C)(C)C)C(=O)COC(=O)c1ccncc1. The van der Waals surface area contributed by atoms with E-state index < -0.39 is 18.5 Å². The summed E-state index contributed by atoms with van der Waals surface area (Å²) in [4.78, 5) is 40.2. The first-order valence-electron chi connectivity index (χ1n) is 6.81. The number of pyridine rings is 1. The van der Waals surface area contributed by atoms with Crippen molar-refractivity contribution in [2.75, 3.05) is 20.2 Å². The van der Waals surface area contributed by atoms with Crippen molar-refractivity contribution >= 4 is 17.8 Å². The lowest BCUT2D eigenvalue weighted by molar-refractivity contribution is -0.137. The van der Waals surface area contributed by atoms with Crippen molar-refractivity contribution in [1.82, 2.24) is 15.2 Å². The molecule has 0 aliphatic rings. The van der Waals surface area contributed by atoms with Crippen LogP contribution in [0.15, 0.2) is 24.5 Å². The molecule has 1 aromatic rings. The number of amides is 2. The van der Waals surface area contributed by atoms with Crippen LogP contribution in [-0.4, -0.2) is 53.4 Å². The highest BCUT2D eigenvalue weighted by atomic mass is 16.5. The molecule has 0 bridgehead atoms. The summed E-state index contributed by atoms with van der Waals surface area (Å²) in [7, 11) is 1.48. The summed E-state index contributed by atoms with van der Waals surface area (Å²) in [6.45, 7) is 5.04. The molecule has 0 spiro atoms. The third-order valence-electron chi connectivity index (χ3n) is 2.56. The summed E-state index contributed by atoms with van der Waals surface area (Å²) >= 11 is 0. The number of hydrogen-bond acceptors (Lipinski definition) is 5. The molecule has 1 heterocycles. The average molecular weight is 307 g/mol. The number of likely N-dealkylation sites (N-methyl/N-ethyl adjacent to an activating group) is 1. The molecule has 1 aromatic heterocycles. The van der Waals surface area contributed by atoms with Crippen LogP contribution in [0.4, 0.5) is 0 Å². The van der Waals surface area contributed by atoms with Crippen molar-refractivity contribution in [2.24, 2.45) is 0 Å². The second-order valence-electron chi connectivity index (χ2n) is 5.86. The molecule has 0 unspecified atom stereocenters. The Hall–Kier alpha value is -2.44. The fourth-order valence-corrected chi connectivity index (χ4v) is 1.57. The van der Waals surface area contributed by atoms with Gasteiger partial charge in [0.2, 0.25) is 5.91 Å². The molecule has 7 nitrogen and oxygen atoms in total. The molecule has 120 valence electrons. The number of nitrogens with one attached hydrogen (secondary N) is 1. The maximum absolute atomic E-state index is 11.8. The van der Waals surface area contributed by atoms with E-state index in [4.69, 9.17) is 4.74 Å². The van der Waals surface area contributed by atoms with E-state index >= 15 is 0 Å². The summed E-state index contributed by atoms with van der Waals surface area (Å²) < 4.78 is 4.90. The van der Waals surface area contributed by atoms with Gasteiger partial charge in [0, 0.05) is 25.0 Å². The van der Waals surface area contributed by atoms with E-state index in [2.05, 4.69) is 10.3 Å². The molecule has 0 aliphatic heterocycles. The second kappa shape index (κ2) is 7.53. The number of ether oxygens (including phenoxy) is 1. The molecule has 0 saturated heterocycles. The summed E-state index contributed by atoms with van der Waals surface area (Å²) in [5.41, 5.74) is -0.0506. The van der Waals surface area contributed by atoms with Crippen LogP contribution in [0, 0.1) is 0 Å². The fraction of sp³-hybridized carbons (Fsp3) is 0.467. The quantitative estimate of drug-likeness (QED) is 0.805. The Balaban J connectivity index is 2.42. The van der Waals surface area contributed by atoms with Gasteiger partial charge in [-0.15, -0.1) is 0 Å². The standard InChI is InChI=1S/C15H21N3O4/c1-15(2,3)17-12(19)9-18(4)13(20)10-22-14(21)11-5-7-16-8-6-11/h5-8H,9-10H2,1-4H3,(H,17,19). The second-order valence-corrected chi connectivity index (χ2v) is 5.86. The van der Waals surface area contributed by atoms with Crippen molar-refractivity contribution in [1.29, 1.82) is 0 Å². The van der Waals surface area contributed by atoms with Gasteiger partial charge in [-0.3, -0.25) is 14.6 Å². The van der Waals surface area contributed by atoms with Gasteiger partial charge in [0.05, 0.1) is 12.1 Å². The van der Waals surface area contributed by atoms with E-state index in [1.807, 2.05) is 20.8 Å². The molecule has 1 rings (SSSR count). The predicted molar refractivity (Wildman–Crippen MR) is 80.1 cm³/mol. The minimum Gasteiger partial charge on any atom is -0.452 e. The Labute approximate surface area is 129 Å². The van der Waals surface area contributed by atoms with Crippen molar-refractivity contribution in [3.63, 3.8) is 0 Å². The van der Waals surface area contributed by atoms with Crippen LogP contribution in [0.1, 0.15) is 31.1 Å². The molecule has 0 atom stereocenters. The van der Waals surface area contributed by atoms with Crippen LogP contribution in [0.2, 0.25) is 0 Å². The molecule has 1 N–H and O–H groups in total. The number of hydrogen-bond donors (Lipinski definition) is 1. The fourth-order valence-electron chi connectivity index (χ4n) is 1.57. The zero-order chi connectivity index (χ0) is 16.8. The average Bonchev–Trinajstić information content (AvgIpc) is 2.43. The molecule has 7 heteroatoms. The molecule has 2 amide bonds. The summed E-state index contributed by atoms with van der Waals surface area (Å²) in [5, 5.41) is 2.75. The normalized spacial score (nSPS) is 10.7. The zero-order valence-corrected chi connectivity index (χ0v) is 13.3. The van der Waals surface area contributed by atoms with Crippen LogP contribution in [0.3, 0.4) is 0 Å². The minimum absolute atomic E-state index is 0.0943. The molecular formula is C15H21N3O4. The van der Waals surface area contributed by atoms with Gasteiger partial charge in [-0.05, 0) is 32.9 Å². The van der Waals surface area contributed by atoms with Gasteiger partial charge in [-0.2, -0.15) is 0 Å². The van der Waals surface area contributed by atoms with E-state index in [0.717, 1.165) is 0 Å². The summed E-state index contributed by atoms with van der Waals surface area (Å²) in [5.74, 6) is -1.33. The third kappa shape index (κ3) is 6.34. The van der Waals surface area contributed by atoms with Crippen LogP contribution >= 0.6 is 0 Å². The Bertz CT molecular complexity index is 537. The number of nitrogens with zero attached hydrogens (tertiary/aromatic N) is 2. The summed E-state index contributed by atoms with van der Waals surface area (Å²) in [6, 6.07) is 2.99. The lowest BCUT2D eigenvalue weighted by Gasteiger charge is -2.23. The topological polar surface area (TPSA) is 88.6 Å². The van der Waals surface area contributed by atoms with Gasteiger partial charge in [-0.1, -0.05) is 0 Å². The smallest absolute Gasteiger partial charge is 0.338 e. The molecule has 0 saturated carbocycles. The third-order valence-corrected chi connectivity index (χ3v) is 2.56. The number of esters is 1. The van der Waals surface area contributed by atoms with Gasteiger partial charge in [0.25, 0.3) is 5.91 Å². The van der Waals surface area contributed by atoms with E-state index in [1.54, 1.807) is 0 Å². The number of rotatable bonds is 5. The predicted octanol–water partition coefficient (Wildman–Crippen LogP) is 0.612. The van der Waals surface area contributed by atoms with Crippen molar-refractivity contribution in [3.8, 4) is 0 Å². The summed E-state index contributed by atoms with van der Waals surface area (Å²) in [6.07, 6.45) is 2.92. The Morgan fingerprint density at radius 3 is 2.36 bits per heavy atom. The van der Waals surface area contributed by atoms with Crippen molar-refractivity contribution < 1.29 is 19.1 Å². The first kappa shape index (κ1) is 17.6. The van der Waals surface area contributed by atoms with Gasteiger partial charge >= 0.3 is 5.97 Å². The van der Waals surface area contributed by atoms with Crippen molar-refractivity contribution in [2.45, 2.75) is 26.3 Å². The highest BCUT2D eigenvalue weighted by Gasteiger charge is 2.19. The largest absolute Gasteiger partial charge is 0.452 e. The molecule has 0 aromatic carbocycles. The Morgan fingerprint density at radius 2 is 1.82 bits per heavy atom.